The van der Waals surface area contributed by atoms with Crippen LogP contribution in [0.2, 0.25) is 0 Å². The van der Waals surface area contributed by atoms with Gasteiger partial charge in [-0.15, -0.1) is 24.8 Å². The molecule has 0 radical (unpaired) electrons. The fraction of sp³-hybridized carbons (Fsp3) is 0.611. The first-order valence-corrected chi connectivity index (χ1v) is 8.30. The molecule has 0 aromatic heterocycles. The molecule has 3 rings (SSSR count). The number of carbonyl (C=O) groups is 1. The van der Waals surface area contributed by atoms with Crippen molar-refractivity contribution in [3.05, 3.63) is 35.4 Å². The van der Waals surface area contributed by atoms with Crippen molar-refractivity contribution in [3.8, 4) is 0 Å². The lowest BCUT2D eigenvalue weighted by Crippen LogP contribution is -2.45. The molecule has 2 saturated carbocycles. The van der Waals surface area contributed by atoms with E-state index in [0.717, 1.165) is 18.5 Å². The molecule has 1 aromatic rings. The zero-order valence-electron chi connectivity index (χ0n) is 14.4. The Morgan fingerprint density at radius 2 is 1.88 bits per heavy atom. The number of hydrogen-bond acceptors (Lipinski definition) is 3. The quantitative estimate of drug-likeness (QED) is 0.833. The van der Waals surface area contributed by atoms with Crippen LogP contribution in [-0.4, -0.2) is 30.9 Å². The minimum Gasteiger partial charge on any atom is -0.352 e. The molecule has 2 aliphatic rings. The molecule has 0 aliphatic heterocycles. The van der Waals surface area contributed by atoms with Crippen molar-refractivity contribution in [3.63, 3.8) is 0 Å². The average molecular weight is 374 g/mol. The van der Waals surface area contributed by atoms with Gasteiger partial charge in [-0.05, 0) is 56.3 Å². The second-order valence-corrected chi connectivity index (χ2v) is 7.21. The van der Waals surface area contributed by atoms with Gasteiger partial charge in [0.25, 0.3) is 0 Å². The highest BCUT2D eigenvalue weighted by Gasteiger charge is 2.48. The smallest absolute Gasteiger partial charge is 0.225 e. The second kappa shape index (κ2) is 9.04. The maximum Gasteiger partial charge on any atom is 0.225 e. The lowest BCUT2D eigenvalue weighted by molar-refractivity contribution is -0.127. The molecule has 2 fully saturated rings. The molecule has 4 unspecified atom stereocenters. The van der Waals surface area contributed by atoms with E-state index >= 15 is 0 Å². The molecule has 0 saturated heterocycles. The van der Waals surface area contributed by atoms with Crippen molar-refractivity contribution in [2.45, 2.75) is 38.4 Å². The second-order valence-electron chi connectivity index (χ2n) is 7.21. The minimum absolute atomic E-state index is 0. The molecule has 1 amide bonds. The van der Waals surface area contributed by atoms with Gasteiger partial charge >= 0.3 is 0 Å². The number of nitrogens with two attached hydrogens (primary N) is 1. The Labute approximate surface area is 157 Å². The number of benzene rings is 1. The molecule has 3 N–H and O–H groups in total. The van der Waals surface area contributed by atoms with Gasteiger partial charge in [-0.2, -0.15) is 0 Å². The van der Waals surface area contributed by atoms with E-state index in [-0.39, 0.29) is 42.7 Å². The van der Waals surface area contributed by atoms with Gasteiger partial charge in [0.1, 0.15) is 0 Å². The maximum absolute atomic E-state index is 12.5. The predicted molar refractivity (Wildman–Crippen MR) is 102 cm³/mol. The van der Waals surface area contributed by atoms with Crippen LogP contribution in [0.3, 0.4) is 0 Å². The fourth-order valence-corrected chi connectivity index (χ4v) is 4.23. The standard InChI is InChI=1S/C18H27N3O.2ClH/c1-21(2)11-13-5-3-4-12(8-13)10-20-18(22)16-14-6-7-15(9-14)17(16)19;;/h3-5,8,14-17H,6-7,9-11,19H2,1-2H3,(H,20,22);2*1H. The van der Waals surface area contributed by atoms with Gasteiger partial charge in [0.2, 0.25) is 5.91 Å². The predicted octanol–water partition coefficient (Wildman–Crippen LogP) is 2.58. The van der Waals surface area contributed by atoms with Gasteiger partial charge in [-0.25, -0.2) is 0 Å². The summed E-state index contributed by atoms with van der Waals surface area (Å²) in [4.78, 5) is 14.6. The lowest BCUT2D eigenvalue weighted by atomic mass is 9.84. The number of halogens is 2. The Hall–Kier alpha value is -0.810. The van der Waals surface area contributed by atoms with Gasteiger partial charge in [0, 0.05) is 19.1 Å². The first kappa shape index (κ1) is 21.2. The summed E-state index contributed by atoms with van der Waals surface area (Å²) in [6.07, 6.45) is 3.54. The summed E-state index contributed by atoms with van der Waals surface area (Å²) in [5.74, 6) is 1.27. The first-order chi connectivity index (χ1) is 10.5. The molecular weight excluding hydrogens is 345 g/mol. The van der Waals surface area contributed by atoms with E-state index < -0.39 is 0 Å². The summed E-state index contributed by atoms with van der Waals surface area (Å²) in [5.41, 5.74) is 8.68. The molecule has 136 valence electrons. The third-order valence-corrected chi connectivity index (χ3v) is 5.24. The number of hydrogen-bond donors (Lipinski definition) is 2. The molecule has 1 aromatic carbocycles. The third-order valence-electron chi connectivity index (χ3n) is 5.24. The molecule has 2 bridgehead atoms. The van der Waals surface area contributed by atoms with Crippen molar-refractivity contribution in [1.82, 2.24) is 10.2 Å². The number of rotatable bonds is 5. The number of nitrogens with zero attached hydrogens (tertiary/aromatic N) is 1. The molecule has 4 nitrogen and oxygen atoms in total. The van der Waals surface area contributed by atoms with Crippen LogP contribution in [0.1, 0.15) is 30.4 Å². The average Bonchev–Trinajstić information content (AvgIpc) is 3.05. The molecular formula is C18H29Cl2N3O. The summed E-state index contributed by atoms with van der Waals surface area (Å²) >= 11 is 0. The third kappa shape index (κ3) is 4.63. The van der Waals surface area contributed by atoms with Crippen molar-refractivity contribution in [2.24, 2.45) is 23.5 Å². The van der Waals surface area contributed by atoms with E-state index in [2.05, 4.69) is 48.6 Å². The van der Waals surface area contributed by atoms with E-state index in [1.54, 1.807) is 0 Å². The van der Waals surface area contributed by atoms with Crippen LogP contribution in [0.25, 0.3) is 0 Å². The van der Waals surface area contributed by atoms with Crippen LogP contribution in [-0.2, 0) is 17.9 Å². The van der Waals surface area contributed by atoms with Crippen LogP contribution in [0.4, 0.5) is 0 Å². The van der Waals surface area contributed by atoms with Gasteiger partial charge in [0.05, 0.1) is 5.92 Å². The Bertz CT molecular complexity index is 551. The lowest BCUT2D eigenvalue weighted by Gasteiger charge is -2.27. The molecule has 0 spiro atoms. The van der Waals surface area contributed by atoms with Gasteiger partial charge in [-0.3, -0.25) is 4.79 Å². The van der Waals surface area contributed by atoms with Crippen molar-refractivity contribution < 1.29 is 4.79 Å². The molecule has 4 atom stereocenters. The number of nitrogens with one attached hydrogen (secondary N) is 1. The maximum atomic E-state index is 12.5. The van der Waals surface area contributed by atoms with Crippen molar-refractivity contribution in [2.75, 3.05) is 14.1 Å². The van der Waals surface area contributed by atoms with Crippen molar-refractivity contribution >= 4 is 30.7 Å². The minimum atomic E-state index is 0. The normalized spacial score (nSPS) is 27.5. The van der Waals surface area contributed by atoms with E-state index in [1.165, 1.54) is 18.4 Å². The Kier molecular flexibility index (Phi) is 8.00. The Morgan fingerprint density at radius 1 is 1.21 bits per heavy atom. The first-order valence-electron chi connectivity index (χ1n) is 8.30. The van der Waals surface area contributed by atoms with Gasteiger partial charge in [0.15, 0.2) is 0 Å². The molecule has 24 heavy (non-hydrogen) atoms. The summed E-state index contributed by atoms with van der Waals surface area (Å²) in [6, 6.07) is 8.49. The Morgan fingerprint density at radius 3 is 2.50 bits per heavy atom. The zero-order chi connectivity index (χ0) is 15.7. The summed E-state index contributed by atoms with van der Waals surface area (Å²) in [7, 11) is 4.12. The van der Waals surface area contributed by atoms with Crippen LogP contribution >= 0.6 is 24.8 Å². The monoisotopic (exact) mass is 373 g/mol. The summed E-state index contributed by atoms with van der Waals surface area (Å²) < 4.78 is 0. The molecule has 0 heterocycles. The number of amides is 1. The van der Waals surface area contributed by atoms with Crippen LogP contribution in [0, 0.1) is 17.8 Å². The van der Waals surface area contributed by atoms with Crippen LogP contribution in [0.5, 0.6) is 0 Å². The molecule has 2 aliphatic carbocycles. The summed E-state index contributed by atoms with van der Waals surface area (Å²) in [6.45, 7) is 1.51. The van der Waals surface area contributed by atoms with E-state index in [0.29, 0.717) is 18.4 Å². The van der Waals surface area contributed by atoms with Gasteiger partial charge in [-0.1, -0.05) is 24.3 Å². The zero-order valence-corrected chi connectivity index (χ0v) is 16.0. The Balaban J connectivity index is 0.00000144. The number of fused-ring (bicyclic) bond motifs is 2. The van der Waals surface area contributed by atoms with Crippen LogP contribution < -0.4 is 11.1 Å². The fourth-order valence-electron chi connectivity index (χ4n) is 4.23. The number of carbonyl (C=O) groups excluding carboxylic acids is 1. The topological polar surface area (TPSA) is 58.4 Å². The summed E-state index contributed by atoms with van der Waals surface area (Å²) in [5, 5.41) is 3.10. The highest BCUT2D eigenvalue weighted by atomic mass is 35.5. The highest BCUT2D eigenvalue weighted by molar-refractivity contribution is 5.85. The van der Waals surface area contributed by atoms with E-state index in [9.17, 15) is 4.79 Å². The SMILES string of the molecule is CN(C)Cc1cccc(CNC(=O)C2C3CCC(C3)C2N)c1.Cl.Cl. The van der Waals surface area contributed by atoms with Crippen molar-refractivity contribution in [1.29, 1.82) is 0 Å². The van der Waals surface area contributed by atoms with Gasteiger partial charge < -0.3 is 16.0 Å². The van der Waals surface area contributed by atoms with E-state index in [4.69, 9.17) is 5.73 Å². The van der Waals surface area contributed by atoms with Crippen LogP contribution in [0.15, 0.2) is 24.3 Å². The largest absolute Gasteiger partial charge is 0.352 e. The van der Waals surface area contributed by atoms with E-state index in [1.807, 2.05) is 0 Å². The molecule has 6 heteroatoms. The highest BCUT2D eigenvalue weighted by Crippen LogP contribution is 2.47.